The molecule has 0 aliphatic rings. The van der Waals surface area contributed by atoms with Crippen molar-refractivity contribution >= 4 is 93.3 Å². The van der Waals surface area contributed by atoms with Gasteiger partial charge in [0.05, 0.1) is 33.1 Å². The molecule has 0 radical (unpaired) electrons. The van der Waals surface area contributed by atoms with Crippen LogP contribution in [-0.4, -0.2) is 14.5 Å². The third kappa shape index (κ3) is 6.53. The Morgan fingerprint density at radius 1 is 0.286 bits per heavy atom. The number of hydrogen-bond donors (Lipinski definition) is 0. The lowest BCUT2D eigenvalue weighted by Gasteiger charge is -2.26. The second-order valence-electron chi connectivity index (χ2n) is 18.2. The van der Waals surface area contributed by atoms with Crippen molar-refractivity contribution in [2.45, 2.75) is 0 Å². The summed E-state index contributed by atoms with van der Waals surface area (Å²) in [6.07, 6.45) is 0. The summed E-state index contributed by atoms with van der Waals surface area (Å²) in [4.78, 5) is 13.7. The number of para-hydroxylation sites is 2. The Morgan fingerprint density at radius 2 is 0.843 bits per heavy atom. The molecule has 0 spiro atoms. The van der Waals surface area contributed by atoms with Crippen molar-refractivity contribution < 1.29 is 0 Å². The first-order chi connectivity index (χ1) is 34.7. The minimum Gasteiger partial charge on any atom is -0.310 e. The van der Waals surface area contributed by atoms with Gasteiger partial charge in [-0.1, -0.05) is 170 Å². The molecule has 14 rings (SSSR count). The molecule has 4 heteroatoms. The third-order valence-corrected chi connectivity index (χ3v) is 14.1. The highest BCUT2D eigenvalue weighted by atomic mass is 15.1. The predicted octanol–water partition coefficient (Wildman–Crippen LogP) is 17.8. The van der Waals surface area contributed by atoms with Crippen LogP contribution in [0.25, 0.3) is 115 Å². The van der Waals surface area contributed by atoms with E-state index in [1.807, 2.05) is 0 Å². The summed E-state index contributed by atoms with van der Waals surface area (Å²) >= 11 is 0. The zero-order valence-electron chi connectivity index (χ0n) is 38.0. The average molecular weight is 891 g/mol. The van der Waals surface area contributed by atoms with E-state index in [4.69, 9.17) is 9.97 Å². The maximum atomic E-state index is 5.82. The van der Waals surface area contributed by atoms with Gasteiger partial charge in [0.15, 0.2) is 0 Å². The Labute approximate surface area is 404 Å². The molecule has 0 aliphatic carbocycles. The predicted molar refractivity (Wildman–Crippen MR) is 295 cm³/mol. The van der Waals surface area contributed by atoms with Crippen LogP contribution in [0.3, 0.4) is 0 Å². The van der Waals surface area contributed by atoms with Gasteiger partial charge in [-0.25, -0.2) is 9.97 Å². The molecule has 0 saturated carbocycles. The number of rotatable bonds is 7. The molecule has 326 valence electrons. The van der Waals surface area contributed by atoms with E-state index in [1.54, 1.807) is 0 Å². The van der Waals surface area contributed by atoms with Crippen LogP contribution in [0.1, 0.15) is 0 Å². The van der Waals surface area contributed by atoms with Crippen LogP contribution in [0.4, 0.5) is 17.1 Å². The van der Waals surface area contributed by atoms with Crippen molar-refractivity contribution in [3.8, 4) is 39.1 Å². The molecule has 2 aromatic heterocycles. The Bertz CT molecular complexity index is 4240. The lowest BCUT2D eigenvalue weighted by Crippen LogP contribution is -2.09. The Balaban J connectivity index is 1.06. The van der Waals surface area contributed by atoms with Crippen molar-refractivity contribution in [3.05, 3.63) is 255 Å². The molecule has 12 aromatic carbocycles. The number of nitrogens with zero attached hydrogens (tertiary/aromatic N) is 4. The van der Waals surface area contributed by atoms with Crippen molar-refractivity contribution in [2.75, 3.05) is 4.90 Å². The van der Waals surface area contributed by atoms with Crippen LogP contribution in [0.5, 0.6) is 0 Å². The van der Waals surface area contributed by atoms with E-state index in [1.165, 1.54) is 27.5 Å². The van der Waals surface area contributed by atoms with Crippen LogP contribution in [-0.2, 0) is 0 Å². The van der Waals surface area contributed by atoms with Crippen molar-refractivity contribution in [3.63, 3.8) is 0 Å². The molecule has 2 heterocycles. The van der Waals surface area contributed by atoms with Gasteiger partial charge in [0.2, 0.25) is 0 Å². The van der Waals surface area contributed by atoms with Gasteiger partial charge in [-0.3, -0.25) is 0 Å². The van der Waals surface area contributed by atoms with Gasteiger partial charge in [0.25, 0.3) is 0 Å². The molecule has 0 unspecified atom stereocenters. The largest absolute Gasteiger partial charge is 0.310 e. The highest BCUT2D eigenvalue weighted by Gasteiger charge is 2.22. The van der Waals surface area contributed by atoms with Crippen LogP contribution >= 0.6 is 0 Å². The SMILES string of the molecule is c1ccc(-c2cc(-c3ccccc3)cc(-n3c4ccc(-c5ccc6ccccc6c5)cc4c4c5nc6c7ccc(N(c8ccccc8)c8ccccc8)cc7c7ccccc7c6nc5ccc43)c2)cc1. The van der Waals surface area contributed by atoms with Gasteiger partial charge in [0.1, 0.15) is 0 Å². The monoisotopic (exact) mass is 890 g/mol. The fraction of sp³-hybridized carbons (Fsp3) is 0. The molecule has 14 aromatic rings. The van der Waals surface area contributed by atoms with Crippen LogP contribution < -0.4 is 4.90 Å². The lowest BCUT2D eigenvalue weighted by molar-refractivity contribution is 1.18. The van der Waals surface area contributed by atoms with E-state index >= 15 is 0 Å². The van der Waals surface area contributed by atoms with Gasteiger partial charge in [-0.15, -0.1) is 0 Å². The first kappa shape index (κ1) is 39.8. The minimum absolute atomic E-state index is 0.860. The second kappa shape index (κ2) is 16.2. The summed E-state index contributed by atoms with van der Waals surface area (Å²) < 4.78 is 2.44. The lowest BCUT2D eigenvalue weighted by atomic mass is 9.97. The van der Waals surface area contributed by atoms with Crippen molar-refractivity contribution in [1.82, 2.24) is 14.5 Å². The van der Waals surface area contributed by atoms with Gasteiger partial charge in [0, 0.05) is 44.3 Å². The van der Waals surface area contributed by atoms with Crippen molar-refractivity contribution in [1.29, 1.82) is 0 Å². The summed E-state index contributed by atoms with van der Waals surface area (Å²) in [5, 5.41) is 9.06. The maximum absolute atomic E-state index is 5.82. The summed E-state index contributed by atoms with van der Waals surface area (Å²) in [7, 11) is 0. The molecular formula is C66H42N4. The summed E-state index contributed by atoms with van der Waals surface area (Å²) in [6.45, 7) is 0. The Kier molecular flexibility index (Phi) is 9.17. The zero-order chi connectivity index (χ0) is 46.1. The van der Waals surface area contributed by atoms with Gasteiger partial charge in [-0.2, -0.15) is 0 Å². The van der Waals surface area contributed by atoms with Crippen LogP contribution in [0, 0.1) is 0 Å². The van der Waals surface area contributed by atoms with Crippen LogP contribution in [0.15, 0.2) is 255 Å². The first-order valence-electron chi connectivity index (χ1n) is 23.9. The Hall–Kier alpha value is -9.38. The second-order valence-corrected chi connectivity index (χ2v) is 18.2. The van der Waals surface area contributed by atoms with Crippen molar-refractivity contribution in [2.24, 2.45) is 0 Å². The van der Waals surface area contributed by atoms with E-state index in [9.17, 15) is 0 Å². The fourth-order valence-electron chi connectivity index (χ4n) is 10.8. The van der Waals surface area contributed by atoms with E-state index < -0.39 is 0 Å². The topological polar surface area (TPSA) is 34.0 Å². The molecule has 0 atom stereocenters. The first-order valence-corrected chi connectivity index (χ1v) is 23.9. The molecule has 0 aliphatic heterocycles. The smallest absolute Gasteiger partial charge is 0.0995 e. The van der Waals surface area contributed by atoms with E-state index in [2.05, 4.69) is 264 Å². The summed E-state index contributed by atoms with van der Waals surface area (Å²) in [5.41, 5.74) is 17.0. The van der Waals surface area contributed by atoms with Gasteiger partial charge < -0.3 is 9.47 Å². The highest BCUT2D eigenvalue weighted by Crippen LogP contribution is 2.44. The normalized spacial score (nSPS) is 11.7. The minimum atomic E-state index is 0.860. The average Bonchev–Trinajstić information content (AvgIpc) is 3.78. The zero-order valence-corrected chi connectivity index (χ0v) is 38.0. The molecule has 0 fully saturated rings. The van der Waals surface area contributed by atoms with E-state index in [-0.39, 0.29) is 0 Å². The summed E-state index contributed by atoms with van der Waals surface area (Å²) in [6, 6.07) is 91.8. The van der Waals surface area contributed by atoms with Crippen LogP contribution in [0.2, 0.25) is 0 Å². The molecular weight excluding hydrogens is 849 g/mol. The Morgan fingerprint density at radius 3 is 1.54 bits per heavy atom. The summed E-state index contributed by atoms with van der Waals surface area (Å²) in [5.74, 6) is 0. The number of aromatic nitrogens is 3. The molecule has 4 nitrogen and oxygen atoms in total. The number of anilines is 3. The van der Waals surface area contributed by atoms with E-state index in [0.29, 0.717) is 0 Å². The standard InChI is InChI=1S/C66H42N4/c1-5-17-43(18-6-1)49-38-50(44-19-7-2-8-20-44)40-54(39-49)70-61-35-31-48(47-30-29-45-21-13-14-22-46(45)37-47)41-59(61)63-62(70)36-34-60-66(63)68-65-57-33-32-53(42-58(57)55-27-15-16-28-56(55)64(65)67-60)69(51-23-9-3-10-24-51)52-25-11-4-12-26-52/h1-42H. The molecule has 0 saturated heterocycles. The molecule has 0 N–H and O–H groups in total. The van der Waals surface area contributed by atoms with Gasteiger partial charge >= 0.3 is 0 Å². The number of fused-ring (bicyclic) bond motifs is 12. The molecule has 0 bridgehead atoms. The molecule has 0 amide bonds. The third-order valence-electron chi connectivity index (χ3n) is 14.1. The van der Waals surface area contributed by atoms with E-state index in [0.717, 1.165) is 105 Å². The quantitative estimate of drug-likeness (QED) is 0.118. The molecule has 70 heavy (non-hydrogen) atoms. The fourth-order valence-corrected chi connectivity index (χ4v) is 10.8. The maximum Gasteiger partial charge on any atom is 0.0995 e. The van der Waals surface area contributed by atoms with Gasteiger partial charge in [-0.05, 0) is 140 Å². The number of hydrogen-bond acceptors (Lipinski definition) is 3. The number of benzene rings is 12. The highest BCUT2D eigenvalue weighted by molar-refractivity contribution is 6.27.